The first-order valence-corrected chi connectivity index (χ1v) is 29.8. The molecular formula is C70H90N12O7. The summed E-state index contributed by atoms with van der Waals surface area (Å²) in [5, 5.41) is 24.9. The number of rotatable bonds is 9. The fraction of sp³-hybridized carbons (Fsp3) is 0.429. The van der Waals surface area contributed by atoms with E-state index in [4.69, 9.17) is 39.2 Å². The monoisotopic (exact) mass is 1210 g/mol. The van der Waals surface area contributed by atoms with Crippen LogP contribution in [-0.4, -0.2) is 134 Å². The lowest BCUT2D eigenvalue weighted by Gasteiger charge is -2.29. The van der Waals surface area contributed by atoms with E-state index >= 15 is 0 Å². The molecule has 0 atom stereocenters. The number of nitrogens with zero attached hydrogens (tertiary/aromatic N) is 8. The van der Waals surface area contributed by atoms with Crippen molar-refractivity contribution in [2.45, 2.75) is 147 Å². The number of carboxylic acid groups (broad SMARTS) is 1. The molecule has 0 saturated carbocycles. The highest BCUT2D eigenvalue weighted by atomic mass is 16.5. The molecule has 8 heterocycles. The molecule has 472 valence electrons. The minimum atomic E-state index is -0.978. The molecule has 0 spiro atoms. The van der Waals surface area contributed by atoms with Gasteiger partial charge in [0, 0.05) is 61.7 Å². The average molecular weight is 1210 g/mol. The van der Waals surface area contributed by atoms with Crippen LogP contribution in [0.3, 0.4) is 0 Å². The molecule has 4 aromatic carbocycles. The minimum absolute atomic E-state index is 0. The van der Waals surface area contributed by atoms with Gasteiger partial charge >= 0.3 is 5.97 Å². The molecule has 6 N–H and O–H groups in total. The maximum atomic E-state index is 13.6. The van der Waals surface area contributed by atoms with Gasteiger partial charge in [0.05, 0.1) is 64.5 Å². The molecule has 1 amide bonds. The third-order valence-corrected chi connectivity index (χ3v) is 16.8. The second-order valence-electron chi connectivity index (χ2n) is 25.6. The number of aromatic amines is 2. The number of amides is 1. The van der Waals surface area contributed by atoms with Gasteiger partial charge in [-0.05, 0) is 190 Å². The van der Waals surface area contributed by atoms with Crippen LogP contribution in [-0.2, 0) is 10.8 Å². The number of ether oxygens (including phenoxy) is 2. The SMILES string of the molecule is C.C.CN1CCC(N)CC1.COc1cc2c(cc1-c1c(C)noc1C)[nH]c1nc(C)nc(-c3cc(C(=O)NC4CCN(C)CC4)cc(C(C)(C)C)c3)c12.COc1cc2c(cc1-c1c(C)noc1C)[nH]c1nc(C)nc(-c3cc(C(=O)O)cc(C(C)(C)C)c3)c12. The smallest absolute Gasteiger partial charge is 0.335 e. The number of methoxy groups -OCH3 is 2. The summed E-state index contributed by atoms with van der Waals surface area (Å²) < 4.78 is 22.5. The highest BCUT2D eigenvalue weighted by Gasteiger charge is 2.28. The van der Waals surface area contributed by atoms with Crippen molar-refractivity contribution >= 4 is 55.7 Å². The zero-order valence-electron chi connectivity index (χ0n) is 53.1. The molecule has 0 unspecified atom stereocenters. The van der Waals surface area contributed by atoms with E-state index in [2.05, 4.69) is 108 Å². The number of hydrogen-bond donors (Lipinski definition) is 5. The van der Waals surface area contributed by atoms with Crippen LogP contribution in [0, 0.1) is 41.5 Å². The van der Waals surface area contributed by atoms with Crippen molar-refractivity contribution in [1.29, 1.82) is 0 Å². The Balaban J connectivity index is 0.000000202. The van der Waals surface area contributed by atoms with E-state index in [-0.39, 0.29) is 43.2 Å². The number of piperidine rings is 2. The van der Waals surface area contributed by atoms with Crippen LogP contribution in [0.4, 0.5) is 0 Å². The predicted octanol–water partition coefficient (Wildman–Crippen LogP) is 14.2. The van der Waals surface area contributed by atoms with Gasteiger partial charge in [0.25, 0.3) is 5.91 Å². The number of aromatic nitrogens is 8. The lowest BCUT2D eigenvalue weighted by Crippen LogP contribution is -2.43. The number of fused-ring (bicyclic) bond motifs is 6. The molecule has 0 radical (unpaired) electrons. The number of likely N-dealkylation sites (tertiary alicyclic amines) is 2. The number of H-pyrrole nitrogens is 2. The number of aryl methyl sites for hydroxylation is 6. The Bertz CT molecular complexity index is 4190. The molecule has 0 bridgehead atoms. The van der Waals surface area contributed by atoms with Gasteiger partial charge < -0.3 is 54.4 Å². The van der Waals surface area contributed by atoms with Gasteiger partial charge in [-0.1, -0.05) is 66.7 Å². The molecule has 0 aliphatic carbocycles. The normalized spacial score (nSPS) is 14.4. The first-order valence-electron chi connectivity index (χ1n) is 29.8. The van der Waals surface area contributed by atoms with Crippen molar-refractivity contribution in [2.24, 2.45) is 5.73 Å². The van der Waals surface area contributed by atoms with Crippen molar-refractivity contribution in [2.75, 3.05) is 54.5 Å². The van der Waals surface area contributed by atoms with Gasteiger partial charge in [0.15, 0.2) is 0 Å². The second kappa shape index (κ2) is 26.3. The average Bonchev–Trinajstić information content (AvgIpc) is 1.64. The number of hydrogen-bond acceptors (Lipinski definition) is 15. The molecule has 12 rings (SSSR count). The summed E-state index contributed by atoms with van der Waals surface area (Å²) in [4.78, 5) is 56.4. The van der Waals surface area contributed by atoms with Crippen molar-refractivity contribution in [3.05, 3.63) is 117 Å². The number of nitrogens with two attached hydrogens (primary N) is 1. The van der Waals surface area contributed by atoms with Crippen molar-refractivity contribution in [3.63, 3.8) is 0 Å². The molecule has 10 aromatic rings. The van der Waals surface area contributed by atoms with Gasteiger partial charge in [-0.15, -0.1) is 0 Å². The van der Waals surface area contributed by atoms with E-state index in [1.807, 2.05) is 77.9 Å². The highest BCUT2D eigenvalue weighted by Crippen LogP contribution is 2.44. The minimum Gasteiger partial charge on any atom is -0.496 e. The topological polar surface area (TPSA) is 253 Å². The fourth-order valence-corrected chi connectivity index (χ4v) is 11.9. The van der Waals surface area contributed by atoms with Crippen LogP contribution < -0.4 is 20.5 Å². The number of carboxylic acids is 1. The van der Waals surface area contributed by atoms with Gasteiger partial charge in [0.2, 0.25) is 0 Å². The van der Waals surface area contributed by atoms with Crippen LogP contribution in [0.25, 0.3) is 88.6 Å². The van der Waals surface area contributed by atoms with E-state index in [1.165, 1.54) is 25.9 Å². The molecule has 89 heavy (non-hydrogen) atoms. The standard InChI is InChI=1S/C34H40N6O3.C28H28N4O4.C6H14N2.2CH4/c1-18-29(19(2)43-39-18)26-16-27-25(17-28(26)42-8)30-31(35-20(3)36-32(30)38-27)21-13-22(15-23(14-21)34(4,5)6)33(41)37-24-9-11-40(7)12-10-24;1-13-23(14(2)36-32-13)20-11-21-19(12-22(20)35-7)24-25(29-15(3)30-26(24)31-21)16-8-17(27(33)34)10-18(9-16)28(4,5)6;1-8-4-2-6(7)3-5-8;;/h13-17,24H,9-12H2,1-8H3,(H,37,41)(H,35,36,38);8-12H,1-7H3,(H,33,34)(H,29,30,31);6H,2-5,7H2,1H3;2*1H4. The molecule has 2 saturated heterocycles. The van der Waals surface area contributed by atoms with Crippen LogP contribution in [0.5, 0.6) is 11.5 Å². The van der Waals surface area contributed by atoms with Crippen LogP contribution in [0.2, 0.25) is 0 Å². The first-order chi connectivity index (χ1) is 41.2. The van der Waals surface area contributed by atoms with E-state index in [0.29, 0.717) is 51.9 Å². The van der Waals surface area contributed by atoms with Crippen molar-refractivity contribution < 1.29 is 33.2 Å². The predicted molar refractivity (Wildman–Crippen MR) is 357 cm³/mol. The third kappa shape index (κ3) is 13.9. The van der Waals surface area contributed by atoms with Crippen LogP contribution >= 0.6 is 0 Å². The Hall–Kier alpha value is -8.52. The Morgan fingerprint density at radius 1 is 0.596 bits per heavy atom. The molecule has 6 aromatic heterocycles. The summed E-state index contributed by atoms with van der Waals surface area (Å²) in [6, 6.07) is 20.3. The fourth-order valence-electron chi connectivity index (χ4n) is 11.9. The maximum Gasteiger partial charge on any atom is 0.335 e. The summed E-state index contributed by atoms with van der Waals surface area (Å²) in [6.07, 6.45) is 4.26. The molecule has 2 aliphatic heterocycles. The van der Waals surface area contributed by atoms with Gasteiger partial charge in [-0.3, -0.25) is 4.79 Å². The zero-order chi connectivity index (χ0) is 62.6. The Kier molecular flexibility index (Phi) is 19.6. The van der Waals surface area contributed by atoms with Gasteiger partial charge in [-0.2, -0.15) is 0 Å². The Morgan fingerprint density at radius 3 is 1.37 bits per heavy atom. The molecule has 2 fully saturated rings. The van der Waals surface area contributed by atoms with Crippen molar-refractivity contribution in [3.8, 4) is 56.3 Å². The molecule has 19 heteroatoms. The number of benzene rings is 4. The van der Waals surface area contributed by atoms with Crippen LogP contribution in [0.15, 0.2) is 69.7 Å². The summed E-state index contributed by atoms with van der Waals surface area (Å²) >= 11 is 0. The summed E-state index contributed by atoms with van der Waals surface area (Å²) in [5.41, 5.74) is 19.5. The number of carbonyl (C=O) groups is 2. The molecule has 19 nitrogen and oxygen atoms in total. The summed E-state index contributed by atoms with van der Waals surface area (Å²) in [6.45, 7) is 28.3. The Labute approximate surface area is 522 Å². The van der Waals surface area contributed by atoms with Gasteiger partial charge in [0.1, 0.15) is 46.0 Å². The van der Waals surface area contributed by atoms with E-state index in [0.717, 1.165) is 132 Å². The lowest BCUT2D eigenvalue weighted by molar-refractivity contribution is 0.0696. The van der Waals surface area contributed by atoms with Crippen LogP contribution in [0.1, 0.15) is 148 Å². The Morgan fingerprint density at radius 2 is 1.00 bits per heavy atom. The first kappa shape index (κ1) is 66.4. The van der Waals surface area contributed by atoms with Crippen molar-refractivity contribution in [1.82, 2.24) is 55.3 Å². The maximum absolute atomic E-state index is 13.6. The molecular weight excluding hydrogens is 1120 g/mol. The van der Waals surface area contributed by atoms with E-state index in [9.17, 15) is 14.7 Å². The van der Waals surface area contributed by atoms with Gasteiger partial charge in [-0.25, -0.2) is 24.7 Å². The lowest BCUT2D eigenvalue weighted by atomic mass is 9.84. The largest absolute Gasteiger partial charge is 0.496 e. The third-order valence-electron chi connectivity index (χ3n) is 16.8. The summed E-state index contributed by atoms with van der Waals surface area (Å²) in [5.74, 6) is 3.01. The second-order valence-corrected chi connectivity index (χ2v) is 25.6. The highest BCUT2D eigenvalue weighted by molar-refractivity contribution is 6.15. The quantitative estimate of drug-likeness (QED) is 0.0901. The zero-order valence-corrected chi connectivity index (χ0v) is 53.1. The summed E-state index contributed by atoms with van der Waals surface area (Å²) in [7, 11) is 7.57. The van der Waals surface area contributed by atoms with E-state index in [1.54, 1.807) is 26.4 Å². The number of aromatic carboxylic acids is 1. The number of nitrogens with one attached hydrogen (secondary N) is 3. The molecule has 2 aliphatic rings. The number of carbonyl (C=O) groups excluding carboxylic acids is 1. The van der Waals surface area contributed by atoms with E-state index < -0.39 is 5.97 Å².